The number of hydrogen-bond acceptors (Lipinski definition) is 4. The van der Waals surface area contributed by atoms with Gasteiger partial charge in [-0.05, 0) is 44.0 Å². The lowest BCUT2D eigenvalue weighted by molar-refractivity contribution is -0.129. The molecule has 19 heavy (non-hydrogen) atoms. The highest BCUT2D eigenvalue weighted by Crippen LogP contribution is 2.15. The Morgan fingerprint density at radius 3 is 2.37 bits per heavy atom. The molecule has 0 radical (unpaired) electrons. The van der Waals surface area contributed by atoms with Crippen molar-refractivity contribution in [1.29, 1.82) is 0 Å². The van der Waals surface area contributed by atoms with Crippen LogP contribution in [-0.4, -0.2) is 29.3 Å². The maximum absolute atomic E-state index is 11.4. The van der Waals surface area contributed by atoms with Gasteiger partial charge in [0.05, 0.1) is 0 Å². The summed E-state index contributed by atoms with van der Waals surface area (Å²) in [5, 5.41) is 12.0. The largest absolute Gasteiger partial charge is 0.484 e. The quantitative estimate of drug-likeness (QED) is 0.619. The van der Waals surface area contributed by atoms with Crippen LogP contribution in [0.3, 0.4) is 0 Å². The van der Waals surface area contributed by atoms with Crippen LogP contribution in [-0.2, 0) is 9.59 Å². The molecule has 6 heteroatoms. The van der Waals surface area contributed by atoms with Crippen molar-refractivity contribution in [1.82, 2.24) is 5.43 Å². The number of aryl methyl sites for hydroxylation is 2. The van der Waals surface area contributed by atoms with Gasteiger partial charge in [0.15, 0.2) is 6.61 Å². The standard InChI is InChI=1S/C13H16N2O4/c1-8-4-9(2)6-11(5-8)19-7-12(16)15-14-10(3)13(17)18/h4-6H,7H2,1-3H3,(H,15,16)(H,17,18). The molecule has 1 amide bonds. The number of ether oxygens (including phenoxy) is 1. The predicted octanol–water partition coefficient (Wildman–Crippen LogP) is 1.26. The van der Waals surface area contributed by atoms with Gasteiger partial charge in [-0.1, -0.05) is 6.07 Å². The highest BCUT2D eigenvalue weighted by molar-refractivity contribution is 6.34. The number of nitrogens with zero attached hydrogens (tertiary/aromatic N) is 1. The Hall–Kier alpha value is -2.37. The van der Waals surface area contributed by atoms with Crippen LogP contribution < -0.4 is 10.2 Å². The smallest absolute Gasteiger partial charge is 0.351 e. The van der Waals surface area contributed by atoms with Crippen LogP contribution in [0, 0.1) is 13.8 Å². The van der Waals surface area contributed by atoms with Crippen molar-refractivity contribution in [3.63, 3.8) is 0 Å². The number of carboxylic acid groups (broad SMARTS) is 1. The molecule has 1 aromatic rings. The van der Waals surface area contributed by atoms with E-state index in [0.717, 1.165) is 11.1 Å². The number of carbonyl (C=O) groups is 2. The zero-order chi connectivity index (χ0) is 14.4. The van der Waals surface area contributed by atoms with Crippen molar-refractivity contribution in [2.24, 2.45) is 5.10 Å². The maximum Gasteiger partial charge on any atom is 0.351 e. The third kappa shape index (κ3) is 5.20. The predicted molar refractivity (Wildman–Crippen MR) is 70.3 cm³/mol. The summed E-state index contributed by atoms with van der Waals surface area (Å²) in [7, 11) is 0. The summed E-state index contributed by atoms with van der Waals surface area (Å²) < 4.78 is 5.29. The van der Waals surface area contributed by atoms with Crippen LogP contribution in [0.1, 0.15) is 18.1 Å². The molecule has 0 bridgehead atoms. The molecule has 0 spiro atoms. The molecule has 0 aliphatic rings. The molecule has 0 aromatic heterocycles. The molecule has 0 fully saturated rings. The Bertz CT molecular complexity index is 503. The van der Waals surface area contributed by atoms with Crippen LogP contribution in [0.4, 0.5) is 0 Å². The summed E-state index contributed by atoms with van der Waals surface area (Å²) in [4.78, 5) is 21.8. The third-order valence-electron chi connectivity index (χ3n) is 2.22. The molecule has 0 heterocycles. The topological polar surface area (TPSA) is 88.0 Å². The number of rotatable bonds is 5. The minimum absolute atomic E-state index is 0.195. The van der Waals surface area contributed by atoms with E-state index in [1.807, 2.05) is 32.0 Å². The lowest BCUT2D eigenvalue weighted by Crippen LogP contribution is -2.26. The van der Waals surface area contributed by atoms with Crippen molar-refractivity contribution in [3.8, 4) is 5.75 Å². The fourth-order valence-corrected chi connectivity index (χ4v) is 1.39. The average Bonchev–Trinajstić information content (AvgIpc) is 2.32. The normalized spacial score (nSPS) is 11.0. The molecular formula is C13H16N2O4. The van der Waals surface area contributed by atoms with Crippen molar-refractivity contribution in [3.05, 3.63) is 29.3 Å². The van der Waals surface area contributed by atoms with Crippen LogP contribution in [0.2, 0.25) is 0 Å². The summed E-state index contributed by atoms with van der Waals surface area (Å²) in [5.41, 5.74) is 3.99. The minimum Gasteiger partial charge on any atom is -0.484 e. The molecule has 6 nitrogen and oxygen atoms in total. The summed E-state index contributed by atoms with van der Waals surface area (Å²) in [6, 6.07) is 5.62. The highest BCUT2D eigenvalue weighted by atomic mass is 16.5. The van der Waals surface area contributed by atoms with Crippen LogP contribution in [0.25, 0.3) is 0 Å². The molecule has 0 saturated heterocycles. The van der Waals surface area contributed by atoms with Gasteiger partial charge in [-0.25, -0.2) is 10.2 Å². The molecule has 1 aromatic carbocycles. The summed E-state index contributed by atoms with van der Waals surface area (Å²) >= 11 is 0. The van der Waals surface area contributed by atoms with Gasteiger partial charge in [0.1, 0.15) is 11.5 Å². The molecule has 0 aliphatic heterocycles. The second-order valence-electron chi connectivity index (χ2n) is 4.15. The Morgan fingerprint density at radius 1 is 1.26 bits per heavy atom. The second-order valence-corrected chi connectivity index (χ2v) is 4.15. The number of hydrogen-bond donors (Lipinski definition) is 2. The van der Waals surface area contributed by atoms with E-state index in [0.29, 0.717) is 5.75 Å². The lowest BCUT2D eigenvalue weighted by atomic mass is 10.1. The fraction of sp³-hybridized carbons (Fsp3) is 0.308. The first-order valence-electron chi connectivity index (χ1n) is 5.66. The van der Waals surface area contributed by atoms with E-state index < -0.39 is 11.9 Å². The molecule has 102 valence electrons. The summed E-state index contributed by atoms with van der Waals surface area (Å²) in [6.45, 7) is 4.92. The zero-order valence-electron chi connectivity index (χ0n) is 11.1. The van der Waals surface area contributed by atoms with E-state index in [2.05, 4.69) is 10.5 Å². The van der Waals surface area contributed by atoms with E-state index in [1.165, 1.54) is 6.92 Å². The van der Waals surface area contributed by atoms with Gasteiger partial charge in [0, 0.05) is 0 Å². The minimum atomic E-state index is -1.18. The van der Waals surface area contributed by atoms with Gasteiger partial charge in [-0.3, -0.25) is 4.79 Å². The first-order chi connectivity index (χ1) is 8.88. The van der Waals surface area contributed by atoms with E-state index >= 15 is 0 Å². The monoisotopic (exact) mass is 264 g/mol. The first-order valence-corrected chi connectivity index (χ1v) is 5.66. The molecule has 0 aliphatic carbocycles. The second kappa shape index (κ2) is 6.53. The Kier molecular flexibility index (Phi) is 5.05. The fourth-order valence-electron chi connectivity index (χ4n) is 1.39. The van der Waals surface area contributed by atoms with Crippen LogP contribution in [0.5, 0.6) is 5.75 Å². The van der Waals surface area contributed by atoms with Gasteiger partial charge >= 0.3 is 5.97 Å². The average molecular weight is 264 g/mol. The van der Waals surface area contributed by atoms with Gasteiger partial charge in [0.2, 0.25) is 0 Å². The summed E-state index contributed by atoms with van der Waals surface area (Å²) in [6.07, 6.45) is 0. The zero-order valence-corrected chi connectivity index (χ0v) is 11.1. The van der Waals surface area contributed by atoms with E-state index in [4.69, 9.17) is 9.84 Å². The van der Waals surface area contributed by atoms with Gasteiger partial charge in [-0.15, -0.1) is 0 Å². The molecular weight excluding hydrogens is 248 g/mol. The molecule has 1 rings (SSSR count). The Labute approximate surface area is 111 Å². The van der Waals surface area contributed by atoms with Crippen molar-refractivity contribution in [2.45, 2.75) is 20.8 Å². The Morgan fingerprint density at radius 2 is 1.84 bits per heavy atom. The van der Waals surface area contributed by atoms with E-state index in [-0.39, 0.29) is 12.3 Å². The van der Waals surface area contributed by atoms with Gasteiger partial charge in [0.25, 0.3) is 5.91 Å². The number of carboxylic acids is 1. The third-order valence-corrected chi connectivity index (χ3v) is 2.22. The van der Waals surface area contributed by atoms with Crippen molar-refractivity contribution in [2.75, 3.05) is 6.61 Å². The van der Waals surface area contributed by atoms with Crippen molar-refractivity contribution < 1.29 is 19.4 Å². The van der Waals surface area contributed by atoms with Gasteiger partial charge in [-0.2, -0.15) is 5.10 Å². The number of aliphatic carboxylic acids is 1. The van der Waals surface area contributed by atoms with E-state index in [9.17, 15) is 9.59 Å². The molecule has 0 atom stereocenters. The number of carbonyl (C=O) groups excluding carboxylic acids is 1. The maximum atomic E-state index is 11.4. The van der Waals surface area contributed by atoms with Gasteiger partial charge < -0.3 is 9.84 Å². The number of benzene rings is 1. The number of amides is 1. The van der Waals surface area contributed by atoms with Crippen LogP contribution >= 0.6 is 0 Å². The number of hydrazone groups is 1. The molecule has 0 unspecified atom stereocenters. The highest BCUT2D eigenvalue weighted by Gasteiger charge is 2.05. The molecule has 2 N–H and O–H groups in total. The Balaban J connectivity index is 2.50. The first kappa shape index (κ1) is 14.7. The lowest BCUT2D eigenvalue weighted by Gasteiger charge is -2.07. The van der Waals surface area contributed by atoms with Crippen LogP contribution in [0.15, 0.2) is 23.3 Å². The number of nitrogens with one attached hydrogen (secondary N) is 1. The molecule has 0 saturated carbocycles. The van der Waals surface area contributed by atoms with Crippen molar-refractivity contribution >= 4 is 17.6 Å². The summed E-state index contributed by atoms with van der Waals surface area (Å²) in [5.74, 6) is -1.11. The SMILES string of the molecule is CC(=NNC(=O)COc1cc(C)cc(C)c1)C(=O)O. The van der Waals surface area contributed by atoms with E-state index in [1.54, 1.807) is 0 Å².